The van der Waals surface area contributed by atoms with Crippen molar-refractivity contribution in [2.24, 2.45) is 0 Å². The van der Waals surface area contributed by atoms with E-state index >= 15 is 0 Å². The lowest BCUT2D eigenvalue weighted by molar-refractivity contribution is -0.121. The highest BCUT2D eigenvalue weighted by Gasteiger charge is 2.20. The first kappa shape index (κ1) is 23.5. The average molecular weight is 439 g/mol. The zero-order chi connectivity index (χ0) is 22.1. The Kier molecular flexibility index (Phi) is 8.46. The van der Waals surface area contributed by atoms with Gasteiger partial charge in [0.15, 0.2) is 11.5 Å². The molecule has 0 atom stereocenters. The fourth-order valence-corrected chi connectivity index (χ4v) is 3.94. The van der Waals surface area contributed by atoms with Crippen LogP contribution in [0.15, 0.2) is 42.5 Å². The molecule has 0 saturated heterocycles. The highest BCUT2D eigenvalue weighted by Crippen LogP contribution is 2.27. The summed E-state index contributed by atoms with van der Waals surface area (Å²) < 4.78 is 49.5. The molecule has 0 aliphatic rings. The maximum Gasteiger partial charge on any atom is 0.232 e. The molecule has 164 valence electrons. The molecule has 0 aliphatic heterocycles. The van der Waals surface area contributed by atoms with Gasteiger partial charge in [-0.25, -0.2) is 12.8 Å². The Bertz CT molecular complexity index is 966. The number of nitrogens with zero attached hydrogens (tertiary/aromatic N) is 1. The third kappa shape index (κ3) is 6.62. The van der Waals surface area contributed by atoms with E-state index in [1.54, 1.807) is 26.4 Å². The second-order valence-corrected chi connectivity index (χ2v) is 8.59. The monoisotopic (exact) mass is 438 g/mol. The normalized spacial score (nSPS) is 11.1. The van der Waals surface area contributed by atoms with Crippen molar-refractivity contribution in [1.29, 1.82) is 0 Å². The van der Waals surface area contributed by atoms with E-state index < -0.39 is 15.8 Å². The first-order valence-corrected chi connectivity index (χ1v) is 11.3. The van der Waals surface area contributed by atoms with Gasteiger partial charge in [0, 0.05) is 19.5 Å². The van der Waals surface area contributed by atoms with E-state index in [2.05, 4.69) is 5.32 Å². The Labute approximate surface area is 176 Å². The van der Waals surface area contributed by atoms with Crippen LogP contribution in [0.5, 0.6) is 11.5 Å². The lowest BCUT2D eigenvalue weighted by Crippen LogP contribution is -2.33. The van der Waals surface area contributed by atoms with Crippen molar-refractivity contribution >= 4 is 21.6 Å². The van der Waals surface area contributed by atoms with Crippen molar-refractivity contribution in [3.05, 3.63) is 53.8 Å². The maximum absolute atomic E-state index is 14.0. The van der Waals surface area contributed by atoms with Crippen LogP contribution in [0.2, 0.25) is 0 Å². The standard InChI is InChI=1S/C21H27FN2O5S/c1-28-19-11-10-16(15-20(19)29-2)12-13-23-21(25)9-6-14-24(30(3,26)27)18-8-5-4-7-17(18)22/h4-5,7-8,10-11,15H,6,9,12-14H2,1-3H3,(H,23,25). The third-order valence-electron chi connectivity index (χ3n) is 4.47. The highest BCUT2D eigenvalue weighted by molar-refractivity contribution is 7.92. The van der Waals surface area contributed by atoms with Gasteiger partial charge in [0.25, 0.3) is 0 Å². The summed E-state index contributed by atoms with van der Waals surface area (Å²) in [5.74, 6) is 0.436. The molecule has 0 heterocycles. The van der Waals surface area contributed by atoms with Gasteiger partial charge in [-0.15, -0.1) is 0 Å². The molecule has 0 spiro atoms. The minimum Gasteiger partial charge on any atom is -0.493 e. The van der Waals surface area contributed by atoms with Crippen molar-refractivity contribution < 1.29 is 27.1 Å². The van der Waals surface area contributed by atoms with Crippen LogP contribution in [0, 0.1) is 5.82 Å². The fourth-order valence-electron chi connectivity index (χ4n) is 2.97. The fraction of sp³-hybridized carbons (Fsp3) is 0.381. The van der Waals surface area contributed by atoms with Gasteiger partial charge in [-0.1, -0.05) is 18.2 Å². The number of anilines is 1. The summed E-state index contributed by atoms with van der Waals surface area (Å²) in [7, 11) is -0.540. The van der Waals surface area contributed by atoms with Gasteiger partial charge < -0.3 is 14.8 Å². The number of sulfonamides is 1. The van der Waals surface area contributed by atoms with Crippen LogP contribution in [0.1, 0.15) is 18.4 Å². The Hall–Kier alpha value is -2.81. The van der Waals surface area contributed by atoms with Gasteiger partial charge in [0.1, 0.15) is 5.82 Å². The summed E-state index contributed by atoms with van der Waals surface area (Å²) in [6.45, 7) is 0.445. The second kappa shape index (κ2) is 10.8. The van der Waals surface area contributed by atoms with Crippen LogP contribution in [-0.2, 0) is 21.2 Å². The summed E-state index contributed by atoms with van der Waals surface area (Å²) in [4.78, 5) is 12.1. The highest BCUT2D eigenvalue weighted by atomic mass is 32.2. The summed E-state index contributed by atoms with van der Waals surface area (Å²) in [6, 6.07) is 11.2. The van der Waals surface area contributed by atoms with Crippen molar-refractivity contribution in [2.45, 2.75) is 19.3 Å². The van der Waals surface area contributed by atoms with E-state index in [1.807, 2.05) is 12.1 Å². The van der Waals surface area contributed by atoms with Gasteiger partial charge in [-0.2, -0.15) is 0 Å². The Morgan fingerprint density at radius 2 is 1.80 bits per heavy atom. The molecular formula is C21H27FN2O5S. The van der Waals surface area contributed by atoms with Crippen LogP contribution >= 0.6 is 0 Å². The average Bonchev–Trinajstić information content (AvgIpc) is 2.71. The zero-order valence-electron chi connectivity index (χ0n) is 17.4. The minimum atomic E-state index is -3.66. The van der Waals surface area contributed by atoms with Crippen molar-refractivity contribution in [1.82, 2.24) is 5.32 Å². The number of benzene rings is 2. The number of carbonyl (C=O) groups is 1. The number of hydrogen-bond donors (Lipinski definition) is 1. The lowest BCUT2D eigenvalue weighted by atomic mass is 10.1. The molecule has 0 unspecified atom stereocenters. The second-order valence-electron chi connectivity index (χ2n) is 6.68. The maximum atomic E-state index is 14.0. The molecule has 0 bridgehead atoms. The molecular weight excluding hydrogens is 411 g/mol. The predicted molar refractivity (Wildman–Crippen MR) is 114 cm³/mol. The summed E-state index contributed by atoms with van der Waals surface area (Å²) in [5.41, 5.74) is 0.963. The van der Waals surface area contributed by atoms with Gasteiger partial charge in [0.2, 0.25) is 15.9 Å². The first-order valence-electron chi connectivity index (χ1n) is 9.46. The molecule has 30 heavy (non-hydrogen) atoms. The van der Waals surface area contributed by atoms with Gasteiger partial charge in [-0.05, 0) is 42.7 Å². The number of amides is 1. The Morgan fingerprint density at radius 1 is 1.10 bits per heavy atom. The van der Waals surface area contributed by atoms with Crippen molar-refractivity contribution in [2.75, 3.05) is 37.9 Å². The SMILES string of the molecule is COc1ccc(CCNC(=O)CCCN(c2ccccc2F)S(C)(=O)=O)cc1OC. The van der Waals surface area contributed by atoms with Crippen LogP contribution in [-0.4, -0.2) is 47.9 Å². The van der Waals surface area contributed by atoms with E-state index in [-0.39, 0.29) is 31.0 Å². The summed E-state index contributed by atoms with van der Waals surface area (Å²) >= 11 is 0. The molecule has 0 aromatic heterocycles. The van der Waals surface area contributed by atoms with Crippen LogP contribution in [0.25, 0.3) is 0 Å². The molecule has 1 N–H and O–H groups in total. The largest absolute Gasteiger partial charge is 0.493 e. The number of para-hydroxylation sites is 1. The number of carbonyl (C=O) groups excluding carboxylic acids is 1. The molecule has 7 nitrogen and oxygen atoms in total. The van der Waals surface area contributed by atoms with E-state index in [4.69, 9.17) is 9.47 Å². The Balaban J connectivity index is 1.83. The van der Waals surface area contributed by atoms with Crippen molar-refractivity contribution in [3.63, 3.8) is 0 Å². The van der Waals surface area contributed by atoms with E-state index in [9.17, 15) is 17.6 Å². The molecule has 2 aromatic rings. The molecule has 0 radical (unpaired) electrons. The van der Waals surface area contributed by atoms with E-state index in [1.165, 1.54) is 18.2 Å². The number of hydrogen-bond acceptors (Lipinski definition) is 5. The van der Waals surface area contributed by atoms with Crippen LogP contribution < -0.4 is 19.1 Å². The number of methoxy groups -OCH3 is 2. The van der Waals surface area contributed by atoms with Crippen LogP contribution in [0.3, 0.4) is 0 Å². The van der Waals surface area contributed by atoms with Crippen LogP contribution in [0.4, 0.5) is 10.1 Å². The number of halogens is 1. The van der Waals surface area contributed by atoms with Gasteiger partial charge in [0.05, 0.1) is 26.2 Å². The van der Waals surface area contributed by atoms with Gasteiger partial charge in [-0.3, -0.25) is 9.10 Å². The molecule has 0 saturated carbocycles. The zero-order valence-corrected chi connectivity index (χ0v) is 18.2. The Morgan fingerprint density at radius 3 is 2.43 bits per heavy atom. The molecule has 0 fully saturated rings. The lowest BCUT2D eigenvalue weighted by Gasteiger charge is -2.22. The van der Waals surface area contributed by atoms with E-state index in [0.29, 0.717) is 24.5 Å². The number of ether oxygens (including phenoxy) is 2. The quantitative estimate of drug-likeness (QED) is 0.583. The molecule has 9 heteroatoms. The van der Waals surface area contributed by atoms with Gasteiger partial charge >= 0.3 is 0 Å². The van der Waals surface area contributed by atoms with Crippen molar-refractivity contribution in [3.8, 4) is 11.5 Å². The minimum absolute atomic E-state index is 0.0167. The summed E-state index contributed by atoms with van der Waals surface area (Å²) in [5, 5.41) is 2.81. The smallest absolute Gasteiger partial charge is 0.232 e. The number of rotatable bonds is 11. The third-order valence-corrected chi connectivity index (χ3v) is 5.65. The van der Waals surface area contributed by atoms with E-state index in [0.717, 1.165) is 16.1 Å². The number of nitrogens with one attached hydrogen (secondary N) is 1. The summed E-state index contributed by atoms with van der Waals surface area (Å²) in [6.07, 6.45) is 2.02. The molecule has 1 amide bonds. The molecule has 2 rings (SSSR count). The molecule has 2 aromatic carbocycles. The first-order chi connectivity index (χ1) is 14.3. The molecule has 0 aliphatic carbocycles. The predicted octanol–water partition coefficient (Wildman–Crippen LogP) is 2.75. The topological polar surface area (TPSA) is 84.9 Å².